The second-order valence-electron chi connectivity index (χ2n) is 6.40. The van der Waals surface area contributed by atoms with Crippen LogP contribution in [0.5, 0.6) is 11.6 Å². The average Bonchev–Trinajstić information content (AvgIpc) is 2.93. The molecule has 0 unspecified atom stereocenters. The van der Waals surface area contributed by atoms with E-state index in [-0.39, 0.29) is 5.41 Å². The van der Waals surface area contributed by atoms with Crippen molar-refractivity contribution in [3.05, 3.63) is 41.6 Å². The van der Waals surface area contributed by atoms with Crippen LogP contribution in [-0.2, 0) is 11.8 Å². The number of fused-ring (bicyclic) bond motifs is 1. The zero-order chi connectivity index (χ0) is 15.0. The highest BCUT2D eigenvalue weighted by atomic mass is 16.5. The van der Waals surface area contributed by atoms with Crippen molar-refractivity contribution in [1.29, 1.82) is 0 Å². The van der Waals surface area contributed by atoms with E-state index in [9.17, 15) is 0 Å². The molecule has 0 bridgehead atoms. The van der Waals surface area contributed by atoms with Gasteiger partial charge in [-0.25, -0.2) is 4.98 Å². The Morgan fingerprint density at radius 3 is 2.71 bits per heavy atom. The standard InChI is InChI=1S/C18H21NO2/c1-18(2,3)17-13(5-6-15-14(17)8-10-21-15)12-7-9-19-16(11-12)20-4/h5-7,9,11H,8,10H2,1-4H3. The number of hydrogen-bond acceptors (Lipinski definition) is 3. The Morgan fingerprint density at radius 2 is 2.00 bits per heavy atom. The fraction of sp³-hybridized carbons (Fsp3) is 0.389. The Balaban J connectivity index is 2.23. The van der Waals surface area contributed by atoms with Crippen molar-refractivity contribution in [2.24, 2.45) is 0 Å². The van der Waals surface area contributed by atoms with Gasteiger partial charge < -0.3 is 9.47 Å². The largest absolute Gasteiger partial charge is 0.493 e. The van der Waals surface area contributed by atoms with Crippen molar-refractivity contribution in [3.8, 4) is 22.8 Å². The Labute approximate surface area is 125 Å². The van der Waals surface area contributed by atoms with Crippen LogP contribution in [0, 0.1) is 0 Å². The predicted octanol–water partition coefficient (Wildman–Crippen LogP) is 3.99. The number of hydrogen-bond donors (Lipinski definition) is 0. The smallest absolute Gasteiger partial charge is 0.213 e. The Kier molecular flexibility index (Phi) is 3.36. The zero-order valence-electron chi connectivity index (χ0n) is 13.1. The average molecular weight is 283 g/mol. The first-order valence-corrected chi connectivity index (χ1v) is 7.30. The number of aromatic nitrogens is 1. The summed E-state index contributed by atoms with van der Waals surface area (Å²) in [6.07, 6.45) is 2.78. The molecule has 3 rings (SSSR count). The predicted molar refractivity (Wildman–Crippen MR) is 84.1 cm³/mol. The summed E-state index contributed by atoms with van der Waals surface area (Å²) in [5.41, 5.74) is 5.15. The molecule has 0 amide bonds. The minimum absolute atomic E-state index is 0.0604. The lowest BCUT2D eigenvalue weighted by atomic mass is 9.78. The topological polar surface area (TPSA) is 31.4 Å². The van der Waals surface area contributed by atoms with E-state index in [1.54, 1.807) is 13.3 Å². The van der Waals surface area contributed by atoms with Crippen LogP contribution in [0.4, 0.5) is 0 Å². The van der Waals surface area contributed by atoms with Crippen LogP contribution in [0.2, 0.25) is 0 Å². The van der Waals surface area contributed by atoms with Gasteiger partial charge in [0.2, 0.25) is 5.88 Å². The third-order valence-corrected chi connectivity index (χ3v) is 3.88. The van der Waals surface area contributed by atoms with Gasteiger partial charge in [-0.15, -0.1) is 0 Å². The Bertz CT molecular complexity index is 671. The molecule has 0 radical (unpaired) electrons. The van der Waals surface area contributed by atoms with Gasteiger partial charge in [-0.05, 0) is 34.2 Å². The molecule has 3 heteroatoms. The molecule has 0 saturated heterocycles. The monoisotopic (exact) mass is 283 g/mol. The van der Waals surface area contributed by atoms with Gasteiger partial charge in [-0.2, -0.15) is 0 Å². The fourth-order valence-electron chi connectivity index (χ4n) is 3.06. The fourth-order valence-corrected chi connectivity index (χ4v) is 3.06. The number of methoxy groups -OCH3 is 1. The van der Waals surface area contributed by atoms with Crippen molar-refractivity contribution < 1.29 is 9.47 Å². The summed E-state index contributed by atoms with van der Waals surface area (Å²) in [4.78, 5) is 4.20. The Hall–Kier alpha value is -2.03. The molecule has 0 N–H and O–H groups in total. The normalized spacial score (nSPS) is 13.7. The van der Waals surface area contributed by atoms with Crippen LogP contribution in [0.15, 0.2) is 30.5 Å². The van der Waals surface area contributed by atoms with Gasteiger partial charge in [0.15, 0.2) is 0 Å². The summed E-state index contributed by atoms with van der Waals surface area (Å²) in [5, 5.41) is 0. The van der Waals surface area contributed by atoms with E-state index in [0.29, 0.717) is 5.88 Å². The molecular formula is C18H21NO2. The molecule has 1 aromatic heterocycles. The molecular weight excluding hydrogens is 262 g/mol. The molecule has 1 aromatic carbocycles. The van der Waals surface area contributed by atoms with Crippen LogP contribution < -0.4 is 9.47 Å². The van der Waals surface area contributed by atoms with Gasteiger partial charge in [0.1, 0.15) is 5.75 Å². The number of rotatable bonds is 2. The van der Waals surface area contributed by atoms with Gasteiger partial charge in [-0.3, -0.25) is 0 Å². The minimum Gasteiger partial charge on any atom is -0.493 e. The first-order valence-electron chi connectivity index (χ1n) is 7.30. The summed E-state index contributed by atoms with van der Waals surface area (Å²) < 4.78 is 11.0. The van der Waals surface area contributed by atoms with Crippen molar-refractivity contribution in [3.63, 3.8) is 0 Å². The summed E-state index contributed by atoms with van der Waals surface area (Å²) in [7, 11) is 1.65. The van der Waals surface area contributed by atoms with Crippen LogP contribution in [0.3, 0.4) is 0 Å². The highest BCUT2D eigenvalue weighted by Crippen LogP contribution is 2.42. The van der Waals surface area contributed by atoms with E-state index in [0.717, 1.165) is 24.3 Å². The van der Waals surface area contributed by atoms with E-state index >= 15 is 0 Å². The Morgan fingerprint density at radius 1 is 1.19 bits per heavy atom. The lowest BCUT2D eigenvalue weighted by molar-refractivity contribution is 0.357. The van der Waals surface area contributed by atoms with E-state index in [2.05, 4.69) is 37.9 Å². The van der Waals surface area contributed by atoms with E-state index in [4.69, 9.17) is 9.47 Å². The van der Waals surface area contributed by atoms with Crippen molar-refractivity contribution >= 4 is 0 Å². The van der Waals surface area contributed by atoms with E-state index in [1.807, 2.05) is 12.1 Å². The number of pyridine rings is 1. The SMILES string of the molecule is COc1cc(-c2ccc3c(c2C(C)(C)C)CCO3)ccn1. The molecule has 3 nitrogen and oxygen atoms in total. The molecule has 0 spiro atoms. The maximum atomic E-state index is 5.73. The summed E-state index contributed by atoms with van der Waals surface area (Å²) >= 11 is 0. The molecule has 0 fully saturated rings. The molecule has 2 aromatic rings. The molecule has 1 aliphatic rings. The minimum atomic E-state index is 0.0604. The second kappa shape index (κ2) is 5.06. The van der Waals surface area contributed by atoms with Crippen LogP contribution >= 0.6 is 0 Å². The van der Waals surface area contributed by atoms with Crippen molar-refractivity contribution in [2.45, 2.75) is 32.6 Å². The lowest BCUT2D eigenvalue weighted by Crippen LogP contribution is -2.15. The third kappa shape index (κ3) is 2.48. The molecule has 0 aliphatic carbocycles. The molecule has 110 valence electrons. The first kappa shape index (κ1) is 13.9. The number of benzene rings is 1. The number of nitrogens with zero attached hydrogens (tertiary/aromatic N) is 1. The molecule has 1 aliphatic heterocycles. The molecule has 0 saturated carbocycles. The maximum absolute atomic E-state index is 5.73. The highest BCUT2D eigenvalue weighted by molar-refractivity contribution is 5.73. The van der Waals surface area contributed by atoms with Crippen LogP contribution in [0.1, 0.15) is 31.9 Å². The first-order chi connectivity index (χ1) is 10.0. The van der Waals surface area contributed by atoms with E-state index in [1.165, 1.54) is 16.7 Å². The highest BCUT2D eigenvalue weighted by Gasteiger charge is 2.27. The van der Waals surface area contributed by atoms with Crippen molar-refractivity contribution in [2.75, 3.05) is 13.7 Å². The van der Waals surface area contributed by atoms with Gasteiger partial charge in [-0.1, -0.05) is 26.8 Å². The molecule has 0 atom stereocenters. The van der Waals surface area contributed by atoms with Crippen LogP contribution in [0.25, 0.3) is 11.1 Å². The maximum Gasteiger partial charge on any atom is 0.213 e. The summed E-state index contributed by atoms with van der Waals surface area (Å²) in [6.45, 7) is 7.54. The third-order valence-electron chi connectivity index (χ3n) is 3.88. The lowest BCUT2D eigenvalue weighted by Gasteiger charge is -2.26. The summed E-state index contributed by atoms with van der Waals surface area (Å²) in [5.74, 6) is 1.67. The van der Waals surface area contributed by atoms with Crippen molar-refractivity contribution in [1.82, 2.24) is 4.98 Å². The number of ether oxygens (including phenoxy) is 2. The van der Waals surface area contributed by atoms with Gasteiger partial charge >= 0.3 is 0 Å². The van der Waals surface area contributed by atoms with E-state index < -0.39 is 0 Å². The quantitative estimate of drug-likeness (QED) is 0.835. The van der Waals surface area contributed by atoms with Gasteiger partial charge in [0.05, 0.1) is 13.7 Å². The molecule has 2 heterocycles. The van der Waals surface area contributed by atoms with Gasteiger partial charge in [0.25, 0.3) is 0 Å². The molecule has 21 heavy (non-hydrogen) atoms. The zero-order valence-corrected chi connectivity index (χ0v) is 13.1. The summed E-state index contributed by atoms with van der Waals surface area (Å²) in [6, 6.07) is 8.27. The van der Waals surface area contributed by atoms with Gasteiger partial charge in [0, 0.05) is 24.2 Å². The van der Waals surface area contributed by atoms with Crippen LogP contribution in [-0.4, -0.2) is 18.7 Å². The second-order valence-corrected chi connectivity index (χ2v) is 6.40.